The molecule has 0 amide bonds. The first-order valence-corrected chi connectivity index (χ1v) is 13.5. The van der Waals surface area contributed by atoms with Crippen LogP contribution in [-0.4, -0.2) is 0 Å². The lowest BCUT2D eigenvalue weighted by Crippen LogP contribution is -2.30. The fourth-order valence-electron chi connectivity index (χ4n) is 6.60. The van der Waals surface area contributed by atoms with Crippen molar-refractivity contribution in [3.8, 4) is 0 Å². The van der Waals surface area contributed by atoms with E-state index in [-0.39, 0.29) is 5.82 Å². The summed E-state index contributed by atoms with van der Waals surface area (Å²) < 4.78 is 15.1. The number of hydrogen-bond acceptors (Lipinski definition) is 0. The molecule has 1 heteroatoms. The van der Waals surface area contributed by atoms with E-state index in [1.54, 1.807) is 0 Å². The Bertz CT molecular complexity index is 895. The van der Waals surface area contributed by atoms with Gasteiger partial charge in [-0.05, 0) is 104 Å². The van der Waals surface area contributed by atoms with Crippen LogP contribution in [0.4, 0.5) is 4.39 Å². The maximum absolute atomic E-state index is 15.1. The number of rotatable bonds is 9. The first kappa shape index (κ1) is 23.5. The van der Waals surface area contributed by atoms with Crippen molar-refractivity contribution in [1.82, 2.24) is 0 Å². The van der Waals surface area contributed by atoms with Gasteiger partial charge in [-0.25, -0.2) is 4.39 Å². The summed E-state index contributed by atoms with van der Waals surface area (Å²) in [6.07, 6.45) is 21.5. The van der Waals surface area contributed by atoms with E-state index in [1.165, 1.54) is 81.8 Å². The topological polar surface area (TPSA) is 0 Å². The van der Waals surface area contributed by atoms with Crippen LogP contribution in [0.1, 0.15) is 108 Å². The van der Waals surface area contributed by atoms with Crippen molar-refractivity contribution in [3.05, 3.63) is 59.4 Å². The molecule has 2 saturated carbocycles. The Morgan fingerprint density at radius 1 is 0.938 bits per heavy atom. The van der Waals surface area contributed by atoms with Gasteiger partial charge < -0.3 is 0 Å². The van der Waals surface area contributed by atoms with Gasteiger partial charge in [-0.2, -0.15) is 0 Å². The SMILES string of the molecule is C/C=C/CCc1ccc2cc(C3CCC4CC(CCCCCC)CCC4C3)cc(F)c2c1. The molecule has 32 heavy (non-hydrogen) atoms. The predicted molar refractivity (Wildman–Crippen MR) is 137 cm³/mol. The lowest BCUT2D eigenvalue weighted by molar-refractivity contribution is 0.113. The van der Waals surface area contributed by atoms with Crippen LogP contribution in [0.25, 0.3) is 10.8 Å². The normalized spacial score (nSPS) is 26.0. The van der Waals surface area contributed by atoms with Gasteiger partial charge in [0.05, 0.1) is 0 Å². The summed E-state index contributed by atoms with van der Waals surface area (Å²) in [6, 6.07) is 10.5. The molecule has 2 aromatic rings. The molecule has 0 aromatic heterocycles. The molecule has 0 N–H and O–H groups in total. The predicted octanol–water partition coefficient (Wildman–Crippen LogP) is 9.76. The molecule has 2 aliphatic carbocycles. The highest BCUT2D eigenvalue weighted by atomic mass is 19.1. The average Bonchev–Trinajstić information content (AvgIpc) is 2.82. The summed E-state index contributed by atoms with van der Waals surface area (Å²) in [5, 5.41) is 1.87. The second-order valence-electron chi connectivity index (χ2n) is 10.7. The summed E-state index contributed by atoms with van der Waals surface area (Å²) in [4.78, 5) is 0. The fourth-order valence-corrected chi connectivity index (χ4v) is 6.60. The average molecular weight is 435 g/mol. The Morgan fingerprint density at radius 2 is 1.78 bits per heavy atom. The maximum atomic E-state index is 15.1. The van der Waals surface area contributed by atoms with Gasteiger partial charge in [0.25, 0.3) is 0 Å². The van der Waals surface area contributed by atoms with Crippen LogP contribution >= 0.6 is 0 Å². The van der Waals surface area contributed by atoms with Crippen LogP contribution in [0.2, 0.25) is 0 Å². The molecule has 0 aliphatic heterocycles. The Balaban J connectivity index is 1.38. The van der Waals surface area contributed by atoms with E-state index in [9.17, 15) is 0 Å². The van der Waals surface area contributed by atoms with E-state index in [1.807, 2.05) is 6.07 Å². The van der Waals surface area contributed by atoms with Crippen molar-refractivity contribution in [2.75, 3.05) is 0 Å². The highest BCUT2D eigenvalue weighted by Gasteiger charge is 2.36. The van der Waals surface area contributed by atoms with Crippen LogP contribution in [-0.2, 0) is 6.42 Å². The summed E-state index contributed by atoms with van der Waals surface area (Å²) in [5.74, 6) is 3.30. The van der Waals surface area contributed by atoms with E-state index >= 15 is 4.39 Å². The molecule has 4 unspecified atom stereocenters. The molecule has 2 aromatic carbocycles. The fraction of sp³-hybridized carbons (Fsp3) is 0.613. The minimum absolute atomic E-state index is 0.0247. The maximum Gasteiger partial charge on any atom is 0.131 e. The molecular weight excluding hydrogens is 391 g/mol. The van der Waals surface area contributed by atoms with Crippen molar-refractivity contribution >= 4 is 10.8 Å². The van der Waals surface area contributed by atoms with Gasteiger partial charge in [-0.1, -0.05) is 75.8 Å². The molecule has 4 atom stereocenters. The van der Waals surface area contributed by atoms with E-state index in [4.69, 9.17) is 0 Å². The Kier molecular flexibility index (Phi) is 8.44. The summed E-state index contributed by atoms with van der Waals surface area (Å²) in [6.45, 7) is 4.35. The summed E-state index contributed by atoms with van der Waals surface area (Å²) >= 11 is 0. The van der Waals surface area contributed by atoms with Crippen molar-refractivity contribution < 1.29 is 4.39 Å². The largest absolute Gasteiger partial charge is 0.206 e. The van der Waals surface area contributed by atoms with Crippen LogP contribution in [0, 0.1) is 23.6 Å². The first-order valence-electron chi connectivity index (χ1n) is 13.5. The minimum atomic E-state index is -0.0247. The number of aryl methyl sites for hydroxylation is 1. The third kappa shape index (κ3) is 5.83. The first-order chi connectivity index (χ1) is 15.7. The Hall–Kier alpha value is -1.63. The monoisotopic (exact) mass is 434 g/mol. The lowest BCUT2D eigenvalue weighted by atomic mass is 9.63. The van der Waals surface area contributed by atoms with Gasteiger partial charge in [-0.15, -0.1) is 0 Å². The van der Waals surface area contributed by atoms with Crippen LogP contribution in [0.5, 0.6) is 0 Å². The van der Waals surface area contributed by atoms with E-state index in [0.717, 1.165) is 41.4 Å². The van der Waals surface area contributed by atoms with Gasteiger partial charge in [0.2, 0.25) is 0 Å². The molecule has 174 valence electrons. The number of hydrogen-bond donors (Lipinski definition) is 0. The zero-order valence-corrected chi connectivity index (χ0v) is 20.4. The zero-order chi connectivity index (χ0) is 22.3. The zero-order valence-electron chi connectivity index (χ0n) is 20.4. The molecule has 0 heterocycles. The number of benzene rings is 2. The number of allylic oxidation sites excluding steroid dienone is 2. The Labute approximate surface area is 195 Å². The summed E-state index contributed by atoms with van der Waals surface area (Å²) in [7, 11) is 0. The number of fused-ring (bicyclic) bond motifs is 2. The van der Waals surface area contributed by atoms with E-state index in [0.29, 0.717) is 5.92 Å². The quantitative estimate of drug-likeness (QED) is 0.272. The van der Waals surface area contributed by atoms with Crippen molar-refractivity contribution in [2.45, 2.75) is 103 Å². The second-order valence-corrected chi connectivity index (χ2v) is 10.7. The van der Waals surface area contributed by atoms with Crippen molar-refractivity contribution in [1.29, 1.82) is 0 Å². The van der Waals surface area contributed by atoms with Crippen LogP contribution in [0.15, 0.2) is 42.5 Å². The number of halogens is 1. The minimum Gasteiger partial charge on any atom is -0.206 e. The van der Waals surface area contributed by atoms with Crippen LogP contribution < -0.4 is 0 Å². The van der Waals surface area contributed by atoms with Crippen molar-refractivity contribution in [3.63, 3.8) is 0 Å². The lowest BCUT2D eigenvalue weighted by Gasteiger charge is -2.42. The van der Waals surface area contributed by atoms with Crippen LogP contribution in [0.3, 0.4) is 0 Å². The molecule has 0 radical (unpaired) electrons. The molecule has 2 aliphatic rings. The van der Waals surface area contributed by atoms with Gasteiger partial charge >= 0.3 is 0 Å². The highest BCUT2D eigenvalue weighted by molar-refractivity contribution is 5.84. The molecular formula is C31H43F. The highest BCUT2D eigenvalue weighted by Crippen LogP contribution is 2.48. The van der Waals surface area contributed by atoms with Gasteiger partial charge in [0.15, 0.2) is 0 Å². The van der Waals surface area contributed by atoms with Crippen molar-refractivity contribution in [2.24, 2.45) is 17.8 Å². The third-order valence-corrected chi connectivity index (χ3v) is 8.48. The smallest absolute Gasteiger partial charge is 0.131 e. The third-order valence-electron chi connectivity index (χ3n) is 8.48. The molecule has 0 spiro atoms. The molecule has 0 saturated heterocycles. The number of unbranched alkanes of at least 4 members (excludes halogenated alkanes) is 3. The molecule has 2 fully saturated rings. The van der Waals surface area contributed by atoms with Gasteiger partial charge in [-0.3, -0.25) is 0 Å². The van der Waals surface area contributed by atoms with E-state index < -0.39 is 0 Å². The van der Waals surface area contributed by atoms with Gasteiger partial charge in [0, 0.05) is 5.39 Å². The molecule has 0 bridgehead atoms. The standard InChI is InChI=1S/C31H43F/c1-3-5-7-9-11-23-12-14-26-20-27(17-16-25(26)18-23)29-21-28-15-13-24(10-8-6-4-2)19-30(28)31(32)22-29/h4,6,13,15,19,21-23,25-27H,3,5,7-12,14,16-18,20H2,1-2H3/b6-4+. The Morgan fingerprint density at radius 3 is 2.62 bits per heavy atom. The van der Waals surface area contributed by atoms with E-state index in [2.05, 4.69) is 50.3 Å². The second kappa shape index (κ2) is 11.5. The molecule has 0 nitrogen and oxygen atoms in total. The summed E-state index contributed by atoms with van der Waals surface area (Å²) in [5.41, 5.74) is 2.48. The van der Waals surface area contributed by atoms with Gasteiger partial charge in [0.1, 0.15) is 5.82 Å². The molecule has 4 rings (SSSR count).